The van der Waals surface area contributed by atoms with E-state index in [1.807, 2.05) is 18.2 Å². The lowest BCUT2D eigenvalue weighted by molar-refractivity contribution is -0.145. The summed E-state index contributed by atoms with van der Waals surface area (Å²) in [6.07, 6.45) is 1.14. The second kappa shape index (κ2) is 14.2. The first-order valence-electron chi connectivity index (χ1n) is 11.6. The molecule has 0 aliphatic heterocycles. The van der Waals surface area contributed by atoms with E-state index >= 15 is 0 Å². The number of unbranched alkanes of at least 4 members (excludes halogenated alkanes) is 1. The Bertz CT molecular complexity index is 1060. The summed E-state index contributed by atoms with van der Waals surface area (Å²) >= 11 is 0. The van der Waals surface area contributed by atoms with Gasteiger partial charge in [-0.2, -0.15) is 0 Å². The number of hydrogen-bond acceptors (Lipinski definition) is 5. The highest BCUT2D eigenvalue weighted by Crippen LogP contribution is 2.11. The Balaban J connectivity index is 1.95. The predicted molar refractivity (Wildman–Crippen MR) is 133 cm³/mol. The highest BCUT2D eigenvalue weighted by atomic mass is 16.4. The van der Waals surface area contributed by atoms with Crippen LogP contribution in [0.15, 0.2) is 54.6 Å². The van der Waals surface area contributed by atoms with E-state index in [-0.39, 0.29) is 31.8 Å². The molecule has 10 nitrogen and oxygen atoms in total. The van der Waals surface area contributed by atoms with Crippen molar-refractivity contribution in [1.82, 2.24) is 10.2 Å². The molecule has 0 aliphatic carbocycles. The Hall–Kier alpha value is -4.21. The van der Waals surface area contributed by atoms with E-state index in [9.17, 15) is 24.3 Å². The quantitative estimate of drug-likeness (QED) is 0.143. The van der Waals surface area contributed by atoms with Crippen molar-refractivity contribution in [3.8, 4) is 0 Å². The zero-order valence-corrected chi connectivity index (χ0v) is 20.0. The van der Waals surface area contributed by atoms with Crippen molar-refractivity contribution < 1.29 is 29.4 Å². The van der Waals surface area contributed by atoms with Gasteiger partial charge in [0, 0.05) is 25.1 Å². The molecule has 0 spiro atoms. The monoisotopic (exact) mass is 496 g/mol. The number of carbonyl (C=O) groups is 4. The minimum Gasteiger partial charge on any atom is -0.481 e. The van der Waals surface area contributed by atoms with Gasteiger partial charge in [0.2, 0.25) is 11.8 Å². The lowest BCUT2D eigenvalue weighted by Crippen LogP contribution is -2.49. The van der Waals surface area contributed by atoms with Crippen LogP contribution in [0.2, 0.25) is 0 Å². The van der Waals surface area contributed by atoms with Crippen LogP contribution in [0.3, 0.4) is 0 Å². The zero-order valence-electron chi connectivity index (χ0n) is 20.0. The summed E-state index contributed by atoms with van der Waals surface area (Å²) in [5.74, 6) is -3.43. The number of nitrogens with one attached hydrogen (secondary N) is 2. The fraction of sp³-hybridized carbons (Fsp3) is 0.346. The molecule has 2 aromatic carbocycles. The zero-order chi connectivity index (χ0) is 26.5. The first-order valence-corrected chi connectivity index (χ1v) is 11.6. The number of carboxylic acid groups (broad SMARTS) is 2. The van der Waals surface area contributed by atoms with E-state index in [4.69, 9.17) is 16.2 Å². The molecule has 0 unspecified atom stereocenters. The molecule has 0 fully saturated rings. The fourth-order valence-electron chi connectivity index (χ4n) is 3.63. The van der Waals surface area contributed by atoms with Gasteiger partial charge in [-0.1, -0.05) is 54.6 Å². The largest absolute Gasteiger partial charge is 0.481 e. The molecule has 2 amide bonds. The molecule has 6 N–H and O–H groups in total. The number of amides is 2. The molecule has 2 rings (SSSR count). The van der Waals surface area contributed by atoms with Crippen LogP contribution < -0.4 is 11.1 Å². The third-order valence-corrected chi connectivity index (χ3v) is 5.52. The van der Waals surface area contributed by atoms with Gasteiger partial charge in [-0.15, -0.1) is 0 Å². The van der Waals surface area contributed by atoms with Crippen LogP contribution in [0, 0.1) is 5.41 Å². The molecular weight excluding hydrogens is 464 g/mol. The number of aryl methyl sites for hydroxylation is 1. The molecule has 10 heteroatoms. The van der Waals surface area contributed by atoms with Crippen LogP contribution in [0.25, 0.3) is 0 Å². The van der Waals surface area contributed by atoms with E-state index in [1.54, 1.807) is 36.4 Å². The molecule has 0 radical (unpaired) electrons. The molecule has 192 valence electrons. The van der Waals surface area contributed by atoms with Crippen LogP contribution in [0.4, 0.5) is 0 Å². The lowest BCUT2D eigenvalue weighted by Gasteiger charge is -2.27. The highest BCUT2D eigenvalue weighted by Gasteiger charge is 2.28. The fourth-order valence-corrected chi connectivity index (χ4v) is 3.63. The summed E-state index contributed by atoms with van der Waals surface area (Å²) in [5, 5.41) is 28.3. The van der Waals surface area contributed by atoms with Gasteiger partial charge >= 0.3 is 11.9 Å². The summed E-state index contributed by atoms with van der Waals surface area (Å²) in [5.41, 5.74) is 7.88. The van der Waals surface area contributed by atoms with Gasteiger partial charge < -0.3 is 26.2 Å². The van der Waals surface area contributed by atoms with Crippen molar-refractivity contribution in [2.45, 2.75) is 51.1 Å². The minimum atomic E-state index is -1.30. The molecule has 0 saturated heterocycles. The number of carboxylic acids is 2. The van der Waals surface area contributed by atoms with E-state index in [2.05, 4.69) is 5.32 Å². The maximum Gasteiger partial charge on any atom is 0.305 e. The third-order valence-electron chi connectivity index (χ3n) is 5.52. The average Bonchev–Trinajstić information content (AvgIpc) is 2.84. The topological polar surface area (TPSA) is 174 Å². The van der Waals surface area contributed by atoms with Gasteiger partial charge in [0.25, 0.3) is 0 Å². The average molecular weight is 497 g/mol. The van der Waals surface area contributed by atoms with Gasteiger partial charge in [-0.05, 0) is 30.4 Å². The predicted octanol–water partition coefficient (Wildman–Crippen LogP) is 2.15. The van der Waals surface area contributed by atoms with Gasteiger partial charge in [0.1, 0.15) is 11.9 Å². The number of amidine groups is 1. The highest BCUT2D eigenvalue weighted by molar-refractivity contribution is 5.94. The van der Waals surface area contributed by atoms with Crippen LogP contribution in [-0.4, -0.2) is 57.3 Å². The number of hydrogen-bond donors (Lipinski definition) is 5. The summed E-state index contributed by atoms with van der Waals surface area (Å²) < 4.78 is 0. The molecule has 0 aliphatic rings. The van der Waals surface area contributed by atoms with E-state index < -0.39 is 36.2 Å². The smallest absolute Gasteiger partial charge is 0.305 e. The minimum absolute atomic E-state index is 0.00558. The molecular formula is C26H32N4O6. The number of benzene rings is 2. The van der Waals surface area contributed by atoms with E-state index in [0.717, 1.165) is 11.1 Å². The number of aliphatic carboxylic acids is 2. The van der Waals surface area contributed by atoms with E-state index in [0.29, 0.717) is 24.8 Å². The van der Waals surface area contributed by atoms with Crippen molar-refractivity contribution in [3.63, 3.8) is 0 Å². The lowest BCUT2D eigenvalue weighted by atomic mass is 10.0. The molecule has 2 aromatic rings. The van der Waals surface area contributed by atoms with Gasteiger partial charge in [-0.25, -0.2) is 0 Å². The van der Waals surface area contributed by atoms with Crippen molar-refractivity contribution >= 4 is 29.6 Å². The molecule has 36 heavy (non-hydrogen) atoms. The summed E-state index contributed by atoms with van der Waals surface area (Å²) in [6, 6.07) is 14.9. The Morgan fingerprint density at radius 2 is 1.56 bits per heavy atom. The molecule has 0 bridgehead atoms. The number of carbonyl (C=O) groups excluding carboxylic acids is 2. The number of rotatable bonds is 15. The molecule has 0 saturated carbocycles. The Morgan fingerprint density at radius 3 is 2.14 bits per heavy atom. The van der Waals surface area contributed by atoms with Crippen molar-refractivity contribution in [3.05, 3.63) is 71.3 Å². The summed E-state index contributed by atoms with van der Waals surface area (Å²) in [4.78, 5) is 49.4. The number of nitrogen functional groups attached to an aromatic ring is 1. The Kier molecular flexibility index (Phi) is 11.1. The molecule has 1 atom stereocenters. The first-order chi connectivity index (χ1) is 17.2. The maximum absolute atomic E-state index is 13.2. The Labute approximate surface area is 209 Å². The van der Waals surface area contributed by atoms with Crippen molar-refractivity contribution in [2.75, 3.05) is 6.54 Å². The summed E-state index contributed by atoms with van der Waals surface area (Å²) in [7, 11) is 0. The third kappa shape index (κ3) is 9.96. The van der Waals surface area contributed by atoms with Crippen LogP contribution in [-0.2, 0) is 32.1 Å². The van der Waals surface area contributed by atoms with Gasteiger partial charge in [-0.3, -0.25) is 24.6 Å². The van der Waals surface area contributed by atoms with Crippen LogP contribution in [0.5, 0.6) is 0 Å². The SMILES string of the molecule is N=C(N)c1ccc(CCCCC(=O)N[C@@H](CC(=O)O)C(=O)N(CCC(=O)O)Cc2ccccc2)cc1. The summed E-state index contributed by atoms with van der Waals surface area (Å²) in [6.45, 7) is -0.0150. The van der Waals surface area contributed by atoms with Crippen molar-refractivity contribution in [2.24, 2.45) is 5.73 Å². The normalized spacial score (nSPS) is 11.3. The maximum atomic E-state index is 13.2. The van der Waals surface area contributed by atoms with Gasteiger partial charge in [0.05, 0.1) is 12.8 Å². The standard InChI is InChI=1S/C26H32N4O6/c27-25(28)20-12-10-18(11-13-20)6-4-5-9-22(31)29-21(16-24(34)35)26(36)30(15-14-23(32)33)17-19-7-2-1-3-8-19/h1-3,7-8,10-13,21H,4-6,9,14-17H2,(H3,27,28)(H,29,31)(H,32,33)(H,34,35)/t21-/m0/s1. The molecule has 0 aromatic heterocycles. The van der Waals surface area contributed by atoms with Gasteiger partial charge in [0.15, 0.2) is 0 Å². The van der Waals surface area contributed by atoms with E-state index in [1.165, 1.54) is 4.90 Å². The van der Waals surface area contributed by atoms with Crippen LogP contribution in [0.1, 0.15) is 48.8 Å². The second-order valence-corrected chi connectivity index (χ2v) is 8.42. The van der Waals surface area contributed by atoms with Crippen molar-refractivity contribution in [1.29, 1.82) is 5.41 Å². The second-order valence-electron chi connectivity index (χ2n) is 8.42. The Morgan fingerprint density at radius 1 is 0.889 bits per heavy atom. The van der Waals surface area contributed by atoms with Crippen LogP contribution >= 0.6 is 0 Å². The first kappa shape index (κ1) is 28.0. The molecule has 0 heterocycles. The number of nitrogens with two attached hydrogens (primary N) is 1. The number of nitrogens with zero attached hydrogens (tertiary/aromatic N) is 1.